The lowest BCUT2D eigenvalue weighted by molar-refractivity contribution is -0.131. The van der Waals surface area contributed by atoms with Crippen molar-refractivity contribution in [3.05, 3.63) is 126 Å². The van der Waals surface area contributed by atoms with Gasteiger partial charge in [-0.05, 0) is 35.4 Å². The van der Waals surface area contributed by atoms with Gasteiger partial charge in [0.25, 0.3) is 10.0 Å². The number of sulfonamides is 1. The maximum absolute atomic E-state index is 13.7. The number of benzene rings is 4. The van der Waals surface area contributed by atoms with Crippen LogP contribution in [-0.2, 0) is 14.8 Å². The second-order valence-electron chi connectivity index (χ2n) is 9.67. The standard InChI is InChI=1S/C32H33N3O4S/c1-39-29-17-11-16-28(24-29)35(40(37,38)30-18-9-4-10-19-30)25-31(36)33-20-22-34(23-21-33)32(26-12-5-2-6-13-26)27-14-7-3-8-15-27/h2-19,24,32H,20-23,25H2,1H3. The molecule has 0 saturated carbocycles. The molecule has 1 fully saturated rings. The van der Waals surface area contributed by atoms with Gasteiger partial charge in [-0.25, -0.2) is 8.42 Å². The van der Waals surface area contributed by atoms with Crippen LogP contribution in [0.2, 0.25) is 0 Å². The largest absolute Gasteiger partial charge is 0.497 e. The number of carbonyl (C=O) groups excluding carboxylic acids is 1. The Morgan fingerprint density at radius 3 is 1.88 bits per heavy atom. The minimum absolute atomic E-state index is 0.0754. The van der Waals surface area contributed by atoms with Gasteiger partial charge in [-0.3, -0.25) is 14.0 Å². The molecule has 1 saturated heterocycles. The van der Waals surface area contributed by atoms with Gasteiger partial charge in [-0.2, -0.15) is 0 Å². The van der Waals surface area contributed by atoms with Gasteiger partial charge in [-0.1, -0.05) is 84.9 Å². The van der Waals surface area contributed by atoms with Crippen molar-refractivity contribution in [3.63, 3.8) is 0 Å². The molecule has 0 spiro atoms. The summed E-state index contributed by atoms with van der Waals surface area (Å²) in [5.41, 5.74) is 2.78. The summed E-state index contributed by atoms with van der Waals surface area (Å²) in [4.78, 5) is 17.9. The first-order chi connectivity index (χ1) is 19.5. The molecule has 1 aliphatic rings. The van der Waals surface area contributed by atoms with Crippen molar-refractivity contribution in [3.8, 4) is 5.75 Å². The summed E-state index contributed by atoms with van der Waals surface area (Å²) in [6.45, 7) is 2.06. The molecule has 1 aliphatic heterocycles. The Morgan fingerprint density at radius 2 is 1.32 bits per heavy atom. The number of methoxy groups -OCH3 is 1. The van der Waals surface area contributed by atoms with Crippen molar-refractivity contribution in [1.29, 1.82) is 0 Å². The van der Waals surface area contributed by atoms with Crippen LogP contribution in [0.1, 0.15) is 17.2 Å². The summed E-state index contributed by atoms with van der Waals surface area (Å²) in [5, 5.41) is 0. The lowest BCUT2D eigenvalue weighted by Crippen LogP contribution is -2.52. The highest BCUT2D eigenvalue weighted by Gasteiger charge is 2.32. The predicted molar refractivity (Wildman–Crippen MR) is 157 cm³/mol. The fraction of sp³-hybridized carbons (Fsp3) is 0.219. The molecule has 4 aromatic carbocycles. The number of amides is 1. The molecular weight excluding hydrogens is 522 g/mol. The second-order valence-corrected chi connectivity index (χ2v) is 11.5. The van der Waals surface area contributed by atoms with Crippen molar-refractivity contribution in [2.45, 2.75) is 10.9 Å². The number of hydrogen-bond donors (Lipinski definition) is 0. The molecule has 0 aliphatic carbocycles. The maximum atomic E-state index is 13.7. The van der Waals surface area contributed by atoms with Gasteiger partial charge in [0.2, 0.25) is 5.91 Å². The quantitative estimate of drug-likeness (QED) is 0.296. The van der Waals surface area contributed by atoms with E-state index < -0.39 is 10.0 Å². The van der Waals surface area contributed by atoms with Crippen molar-refractivity contribution < 1.29 is 17.9 Å². The van der Waals surface area contributed by atoms with E-state index >= 15 is 0 Å². The topological polar surface area (TPSA) is 70.2 Å². The molecular formula is C32H33N3O4S. The number of ether oxygens (including phenoxy) is 1. The highest BCUT2D eigenvalue weighted by Crippen LogP contribution is 2.30. The van der Waals surface area contributed by atoms with Gasteiger partial charge < -0.3 is 9.64 Å². The van der Waals surface area contributed by atoms with Crippen LogP contribution in [0.3, 0.4) is 0 Å². The Hall–Kier alpha value is -4.14. The van der Waals surface area contributed by atoms with E-state index in [0.29, 0.717) is 37.6 Å². The number of rotatable bonds is 9. The van der Waals surface area contributed by atoms with E-state index in [9.17, 15) is 13.2 Å². The molecule has 0 aromatic heterocycles. The molecule has 0 radical (unpaired) electrons. The first kappa shape index (κ1) is 27.4. The summed E-state index contributed by atoms with van der Waals surface area (Å²) in [6, 6.07) is 35.8. The summed E-state index contributed by atoms with van der Waals surface area (Å²) in [6.07, 6.45) is 0. The van der Waals surface area contributed by atoms with E-state index in [4.69, 9.17) is 4.74 Å². The SMILES string of the molecule is COc1cccc(N(CC(=O)N2CCN(C(c3ccccc3)c3ccccc3)CC2)S(=O)(=O)c2ccccc2)c1. The smallest absolute Gasteiger partial charge is 0.264 e. The van der Waals surface area contributed by atoms with E-state index in [1.807, 2.05) is 36.4 Å². The molecule has 0 atom stereocenters. The van der Waals surface area contributed by atoms with E-state index in [1.165, 1.54) is 22.5 Å². The van der Waals surface area contributed by atoms with Gasteiger partial charge >= 0.3 is 0 Å². The normalized spacial score (nSPS) is 14.2. The van der Waals surface area contributed by atoms with Crippen LogP contribution in [0.4, 0.5) is 5.69 Å². The Balaban J connectivity index is 1.35. The fourth-order valence-electron chi connectivity index (χ4n) is 5.14. The van der Waals surface area contributed by atoms with Crippen LogP contribution in [0.5, 0.6) is 5.75 Å². The van der Waals surface area contributed by atoms with Crippen LogP contribution in [0.25, 0.3) is 0 Å². The van der Waals surface area contributed by atoms with E-state index in [-0.39, 0.29) is 23.4 Å². The van der Waals surface area contributed by atoms with Crippen LogP contribution in [-0.4, -0.2) is 64.0 Å². The molecule has 0 N–H and O–H groups in total. The molecule has 206 valence electrons. The highest BCUT2D eigenvalue weighted by atomic mass is 32.2. The lowest BCUT2D eigenvalue weighted by Gasteiger charge is -2.40. The summed E-state index contributed by atoms with van der Waals surface area (Å²) >= 11 is 0. The summed E-state index contributed by atoms with van der Waals surface area (Å²) in [5.74, 6) is 0.276. The number of nitrogens with zero attached hydrogens (tertiary/aromatic N) is 3. The average molecular weight is 556 g/mol. The molecule has 7 nitrogen and oxygen atoms in total. The van der Waals surface area contributed by atoms with Gasteiger partial charge in [0, 0.05) is 32.2 Å². The van der Waals surface area contributed by atoms with Crippen molar-refractivity contribution in [2.75, 3.05) is 44.1 Å². The zero-order chi connectivity index (χ0) is 28.0. The van der Waals surface area contributed by atoms with E-state index in [1.54, 1.807) is 59.5 Å². The average Bonchev–Trinajstić information content (AvgIpc) is 3.01. The molecule has 0 bridgehead atoms. The number of carbonyl (C=O) groups is 1. The van der Waals surface area contributed by atoms with Gasteiger partial charge in [0.1, 0.15) is 12.3 Å². The minimum atomic E-state index is -3.99. The van der Waals surface area contributed by atoms with Crippen LogP contribution in [0.15, 0.2) is 120 Å². The molecule has 0 unspecified atom stereocenters. The maximum Gasteiger partial charge on any atom is 0.264 e. The molecule has 4 aromatic rings. The zero-order valence-electron chi connectivity index (χ0n) is 22.5. The predicted octanol–water partition coefficient (Wildman–Crippen LogP) is 4.82. The highest BCUT2D eigenvalue weighted by molar-refractivity contribution is 7.92. The molecule has 40 heavy (non-hydrogen) atoms. The van der Waals surface area contributed by atoms with Gasteiger partial charge in [0.15, 0.2) is 0 Å². The third-order valence-electron chi connectivity index (χ3n) is 7.21. The molecule has 5 rings (SSSR count). The Morgan fingerprint density at radius 1 is 0.775 bits per heavy atom. The van der Waals surface area contributed by atoms with Gasteiger partial charge in [-0.15, -0.1) is 0 Å². The van der Waals surface area contributed by atoms with Gasteiger partial charge in [0.05, 0.1) is 23.7 Å². The fourth-order valence-corrected chi connectivity index (χ4v) is 6.56. The summed E-state index contributed by atoms with van der Waals surface area (Å²) < 4.78 is 33.9. The molecule has 8 heteroatoms. The monoisotopic (exact) mass is 555 g/mol. The Bertz CT molecular complexity index is 1470. The van der Waals surface area contributed by atoms with E-state index in [0.717, 1.165) is 0 Å². The number of piperazine rings is 1. The van der Waals surface area contributed by atoms with Crippen LogP contribution < -0.4 is 9.04 Å². The van der Waals surface area contributed by atoms with Crippen molar-refractivity contribution in [1.82, 2.24) is 9.80 Å². The number of hydrogen-bond acceptors (Lipinski definition) is 5. The number of anilines is 1. The summed E-state index contributed by atoms with van der Waals surface area (Å²) in [7, 11) is -2.46. The lowest BCUT2D eigenvalue weighted by atomic mass is 9.96. The Labute approximate surface area is 236 Å². The molecule has 1 heterocycles. The first-order valence-corrected chi connectivity index (χ1v) is 14.7. The van der Waals surface area contributed by atoms with E-state index in [2.05, 4.69) is 29.2 Å². The van der Waals surface area contributed by atoms with Crippen LogP contribution in [0, 0.1) is 0 Å². The third-order valence-corrected chi connectivity index (χ3v) is 9.00. The first-order valence-electron chi connectivity index (χ1n) is 13.3. The Kier molecular flexibility index (Phi) is 8.48. The van der Waals surface area contributed by atoms with Crippen molar-refractivity contribution >= 4 is 21.6 Å². The minimum Gasteiger partial charge on any atom is -0.497 e. The third kappa shape index (κ3) is 6.03. The second kappa shape index (κ2) is 12.4. The zero-order valence-corrected chi connectivity index (χ0v) is 23.3. The van der Waals surface area contributed by atoms with Crippen molar-refractivity contribution in [2.24, 2.45) is 0 Å². The van der Waals surface area contributed by atoms with Crippen LogP contribution >= 0.6 is 0 Å². The molecule has 1 amide bonds.